The van der Waals surface area contributed by atoms with E-state index in [0.29, 0.717) is 24.7 Å². The molecule has 3 rings (SSSR count). The number of hydrogen-bond acceptors (Lipinski definition) is 3. The van der Waals surface area contributed by atoms with Gasteiger partial charge in [0.25, 0.3) is 0 Å². The van der Waals surface area contributed by atoms with E-state index in [1.807, 2.05) is 19.1 Å². The number of carbonyl (C=O) groups excluding carboxylic acids is 1. The molecule has 1 aromatic heterocycles. The molecule has 1 atom stereocenters. The van der Waals surface area contributed by atoms with Gasteiger partial charge in [0, 0.05) is 31.7 Å². The molecule has 2 aromatic rings. The standard InChI is InChI=1S/C23H31N5O/c1-3-24-23(25-14-12-22(29)27-21-11-7-8-18(2)26-21)28-15-13-20(17-28)16-19-9-5-4-6-10-19/h4-11,20H,3,12-17H2,1-2H3,(H,24,25)(H,26,27,29). The van der Waals surface area contributed by atoms with Crippen LogP contribution in [0.3, 0.4) is 0 Å². The quantitative estimate of drug-likeness (QED) is 0.560. The Morgan fingerprint density at radius 2 is 2.03 bits per heavy atom. The van der Waals surface area contributed by atoms with Gasteiger partial charge in [0.2, 0.25) is 5.91 Å². The van der Waals surface area contributed by atoms with Crippen molar-refractivity contribution in [2.75, 3.05) is 31.5 Å². The van der Waals surface area contributed by atoms with Gasteiger partial charge >= 0.3 is 0 Å². The lowest BCUT2D eigenvalue weighted by molar-refractivity contribution is -0.116. The molecule has 1 aliphatic heterocycles. The molecule has 1 aliphatic rings. The molecule has 6 nitrogen and oxygen atoms in total. The molecule has 2 N–H and O–H groups in total. The van der Waals surface area contributed by atoms with Gasteiger partial charge < -0.3 is 15.5 Å². The zero-order valence-corrected chi connectivity index (χ0v) is 17.4. The topological polar surface area (TPSA) is 69.6 Å². The first-order valence-corrected chi connectivity index (χ1v) is 10.4. The predicted molar refractivity (Wildman–Crippen MR) is 118 cm³/mol. The molecule has 0 saturated carbocycles. The molecule has 0 bridgehead atoms. The molecule has 1 aromatic carbocycles. The number of carbonyl (C=O) groups is 1. The van der Waals surface area contributed by atoms with E-state index in [1.165, 1.54) is 12.0 Å². The number of amides is 1. The normalized spacial score (nSPS) is 16.7. The van der Waals surface area contributed by atoms with Crippen molar-refractivity contribution in [3.8, 4) is 0 Å². The number of rotatable bonds is 7. The molecule has 0 radical (unpaired) electrons. The van der Waals surface area contributed by atoms with E-state index in [2.05, 4.69) is 62.8 Å². The number of hydrogen-bond donors (Lipinski definition) is 2. The Kier molecular flexibility index (Phi) is 7.61. The maximum Gasteiger partial charge on any atom is 0.227 e. The van der Waals surface area contributed by atoms with Crippen molar-refractivity contribution in [3.63, 3.8) is 0 Å². The summed E-state index contributed by atoms with van der Waals surface area (Å²) in [4.78, 5) is 23.5. The first kappa shape index (κ1) is 20.8. The Bertz CT molecular complexity index is 821. The number of guanidine groups is 1. The second-order valence-electron chi connectivity index (χ2n) is 7.49. The smallest absolute Gasteiger partial charge is 0.227 e. The van der Waals surface area contributed by atoms with Crippen LogP contribution < -0.4 is 10.6 Å². The van der Waals surface area contributed by atoms with Gasteiger partial charge in [-0.25, -0.2) is 4.98 Å². The number of aliphatic imine (C=N–C) groups is 1. The van der Waals surface area contributed by atoms with Gasteiger partial charge in [-0.05, 0) is 50.3 Å². The second kappa shape index (κ2) is 10.6. The van der Waals surface area contributed by atoms with Crippen LogP contribution >= 0.6 is 0 Å². The minimum absolute atomic E-state index is 0.0638. The van der Waals surface area contributed by atoms with E-state index < -0.39 is 0 Å². The third-order valence-corrected chi connectivity index (χ3v) is 5.04. The average Bonchev–Trinajstić information content (AvgIpc) is 3.16. The molecule has 0 spiro atoms. The van der Waals surface area contributed by atoms with Crippen molar-refractivity contribution in [1.82, 2.24) is 15.2 Å². The van der Waals surface area contributed by atoms with Crippen molar-refractivity contribution in [2.24, 2.45) is 10.9 Å². The van der Waals surface area contributed by atoms with Crippen molar-refractivity contribution in [2.45, 2.75) is 33.1 Å². The highest BCUT2D eigenvalue weighted by Gasteiger charge is 2.24. The maximum absolute atomic E-state index is 12.2. The average molecular weight is 394 g/mol. The van der Waals surface area contributed by atoms with Gasteiger partial charge in [-0.15, -0.1) is 0 Å². The van der Waals surface area contributed by atoms with Gasteiger partial charge in [0.05, 0.1) is 6.54 Å². The molecule has 1 unspecified atom stereocenters. The van der Waals surface area contributed by atoms with Crippen molar-refractivity contribution < 1.29 is 4.79 Å². The van der Waals surface area contributed by atoms with E-state index in [0.717, 1.165) is 37.7 Å². The minimum Gasteiger partial charge on any atom is -0.357 e. The molecule has 0 aliphatic carbocycles. The van der Waals surface area contributed by atoms with Crippen molar-refractivity contribution >= 4 is 17.7 Å². The molecule has 29 heavy (non-hydrogen) atoms. The summed E-state index contributed by atoms with van der Waals surface area (Å²) in [6, 6.07) is 16.3. The second-order valence-corrected chi connectivity index (χ2v) is 7.49. The van der Waals surface area contributed by atoms with Crippen molar-refractivity contribution in [3.05, 3.63) is 59.8 Å². The van der Waals surface area contributed by atoms with Gasteiger partial charge in [0.15, 0.2) is 5.96 Å². The van der Waals surface area contributed by atoms with E-state index in [1.54, 1.807) is 6.07 Å². The van der Waals surface area contributed by atoms with Crippen LogP contribution in [0.15, 0.2) is 53.5 Å². The number of nitrogens with zero attached hydrogens (tertiary/aromatic N) is 3. The van der Waals surface area contributed by atoms with Gasteiger partial charge in [-0.1, -0.05) is 36.4 Å². The van der Waals surface area contributed by atoms with Crippen LogP contribution in [0.25, 0.3) is 0 Å². The summed E-state index contributed by atoms with van der Waals surface area (Å²) < 4.78 is 0. The number of anilines is 1. The highest BCUT2D eigenvalue weighted by atomic mass is 16.1. The summed E-state index contributed by atoms with van der Waals surface area (Å²) in [6.07, 6.45) is 2.60. The highest BCUT2D eigenvalue weighted by molar-refractivity contribution is 5.90. The van der Waals surface area contributed by atoms with Crippen LogP contribution in [-0.2, 0) is 11.2 Å². The van der Waals surface area contributed by atoms with E-state index >= 15 is 0 Å². The molecule has 1 fully saturated rings. The first-order valence-electron chi connectivity index (χ1n) is 10.4. The number of likely N-dealkylation sites (tertiary alicyclic amines) is 1. The van der Waals surface area contributed by atoms with Crippen LogP contribution in [-0.4, -0.2) is 47.9 Å². The van der Waals surface area contributed by atoms with Crippen LogP contribution in [0.5, 0.6) is 0 Å². The van der Waals surface area contributed by atoms with E-state index in [-0.39, 0.29) is 5.91 Å². The SMILES string of the molecule is CCNC(=NCCC(=O)Nc1cccc(C)n1)N1CCC(Cc2ccccc2)C1. The Labute approximate surface area is 173 Å². The van der Waals surface area contributed by atoms with Crippen LogP contribution in [0.4, 0.5) is 5.82 Å². The lowest BCUT2D eigenvalue weighted by atomic mass is 9.99. The lowest BCUT2D eigenvalue weighted by Gasteiger charge is -2.21. The van der Waals surface area contributed by atoms with Crippen LogP contribution in [0.2, 0.25) is 0 Å². The molecule has 6 heteroatoms. The summed E-state index contributed by atoms with van der Waals surface area (Å²) in [5.41, 5.74) is 2.28. The molecule has 2 heterocycles. The Morgan fingerprint density at radius 1 is 1.21 bits per heavy atom. The summed E-state index contributed by atoms with van der Waals surface area (Å²) in [7, 11) is 0. The fourth-order valence-electron chi connectivity index (χ4n) is 3.65. The zero-order valence-electron chi connectivity index (χ0n) is 17.4. The van der Waals surface area contributed by atoms with Crippen LogP contribution in [0.1, 0.15) is 31.0 Å². The zero-order chi connectivity index (χ0) is 20.5. The number of aromatic nitrogens is 1. The number of aryl methyl sites for hydroxylation is 1. The number of pyridine rings is 1. The third kappa shape index (κ3) is 6.59. The molecular weight excluding hydrogens is 362 g/mol. The monoisotopic (exact) mass is 393 g/mol. The molecule has 1 saturated heterocycles. The third-order valence-electron chi connectivity index (χ3n) is 5.04. The van der Waals surface area contributed by atoms with Crippen molar-refractivity contribution in [1.29, 1.82) is 0 Å². The fraction of sp³-hybridized carbons (Fsp3) is 0.435. The van der Waals surface area contributed by atoms with E-state index in [9.17, 15) is 4.79 Å². The summed E-state index contributed by atoms with van der Waals surface area (Å²) in [5, 5.41) is 6.21. The Morgan fingerprint density at radius 3 is 2.79 bits per heavy atom. The Balaban J connectivity index is 1.49. The Hall–Kier alpha value is -2.89. The highest BCUT2D eigenvalue weighted by Crippen LogP contribution is 2.21. The molecular formula is C23H31N5O. The maximum atomic E-state index is 12.2. The summed E-state index contributed by atoms with van der Waals surface area (Å²) in [5.74, 6) is 2.07. The lowest BCUT2D eigenvalue weighted by Crippen LogP contribution is -2.40. The predicted octanol–water partition coefficient (Wildman–Crippen LogP) is 3.25. The summed E-state index contributed by atoms with van der Waals surface area (Å²) >= 11 is 0. The number of nitrogens with one attached hydrogen (secondary N) is 2. The van der Waals surface area contributed by atoms with E-state index in [4.69, 9.17) is 0 Å². The van der Waals surface area contributed by atoms with Crippen LogP contribution in [0, 0.1) is 12.8 Å². The van der Waals surface area contributed by atoms with Gasteiger partial charge in [-0.3, -0.25) is 9.79 Å². The fourth-order valence-corrected chi connectivity index (χ4v) is 3.65. The largest absolute Gasteiger partial charge is 0.357 e. The first-order chi connectivity index (χ1) is 14.1. The summed E-state index contributed by atoms with van der Waals surface area (Å²) in [6.45, 7) is 7.26. The van der Waals surface area contributed by atoms with Gasteiger partial charge in [-0.2, -0.15) is 0 Å². The van der Waals surface area contributed by atoms with Gasteiger partial charge in [0.1, 0.15) is 5.82 Å². The molecule has 1 amide bonds. The number of benzene rings is 1. The molecule has 154 valence electrons. The minimum atomic E-state index is -0.0638.